The number of nitriles is 1. The Kier molecular flexibility index (Phi) is 5.51. The van der Waals surface area contributed by atoms with Gasteiger partial charge in [-0.05, 0) is 36.4 Å². The molecule has 27 heavy (non-hydrogen) atoms. The van der Waals surface area contributed by atoms with Crippen molar-refractivity contribution < 1.29 is 9.59 Å². The molecule has 0 spiro atoms. The lowest BCUT2D eigenvalue weighted by Crippen LogP contribution is -2.30. The van der Waals surface area contributed by atoms with Gasteiger partial charge in [-0.25, -0.2) is 4.99 Å². The Bertz CT molecular complexity index is 1020. The number of benzene rings is 3. The zero-order chi connectivity index (χ0) is 19.1. The molecule has 0 bridgehead atoms. The Labute approximate surface area is 156 Å². The first kappa shape index (κ1) is 17.8. The molecular weight excluding hydrogens is 338 g/mol. The standard InChI is InChI=1S/C22H15N3O2/c23-15-16-11-13-19(14-12-16)24-20(21(26)17-7-3-1-4-8-17)22(27)25-18-9-5-2-6-10-18/h1-14H,(H,25,27). The highest BCUT2D eigenvalue weighted by Crippen LogP contribution is 2.15. The lowest BCUT2D eigenvalue weighted by Gasteiger charge is -2.08. The first-order valence-corrected chi connectivity index (χ1v) is 8.22. The second-order valence-corrected chi connectivity index (χ2v) is 5.63. The predicted octanol–water partition coefficient (Wildman–Crippen LogP) is 4.15. The highest BCUT2D eigenvalue weighted by Gasteiger charge is 2.22. The largest absolute Gasteiger partial charge is 0.321 e. The van der Waals surface area contributed by atoms with Gasteiger partial charge in [-0.2, -0.15) is 5.26 Å². The number of nitrogens with zero attached hydrogens (tertiary/aromatic N) is 2. The van der Waals surface area contributed by atoms with E-state index in [1.54, 1.807) is 78.9 Å². The third-order valence-corrected chi connectivity index (χ3v) is 3.74. The molecule has 0 aliphatic rings. The first-order chi connectivity index (χ1) is 13.2. The van der Waals surface area contributed by atoms with Crippen LogP contribution in [0.5, 0.6) is 0 Å². The van der Waals surface area contributed by atoms with Gasteiger partial charge in [0.15, 0.2) is 5.71 Å². The van der Waals surface area contributed by atoms with Gasteiger partial charge in [-0.3, -0.25) is 9.59 Å². The minimum Gasteiger partial charge on any atom is -0.321 e. The van der Waals surface area contributed by atoms with Crippen LogP contribution in [0.2, 0.25) is 0 Å². The van der Waals surface area contributed by atoms with Crippen LogP contribution in [-0.4, -0.2) is 17.4 Å². The molecular formula is C22H15N3O2. The van der Waals surface area contributed by atoms with E-state index in [0.29, 0.717) is 22.5 Å². The highest BCUT2D eigenvalue weighted by atomic mass is 16.2. The van der Waals surface area contributed by atoms with Crippen molar-refractivity contribution in [1.82, 2.24) is 0 Å². The quantitative estimate of drug-likeness (QED) is 0.425. The van der Waals surface area contributed by atoms with Crippen molar-refractivity contribution in [3.63, 3.8) is 0 Å². The summed E-state index contributed by atoms with van der Waals surface area (Å²) in [5, 5.41) is 11.6. The summed E-state index contributed by atoms with van der Waals surface area (Å²) >= 11 is 0. The van der Waals surface area contributed by atoms with Crippen LogP contribution in [0.15, 0.2) is 89.9 Å². The number of anilines is 1. The molecule has 0 radical (unpaired) electrons. The molecule has 3 aromatic carbocycles. The summed E-state index contributed by atoms with van der Waals surface area (Å²) in [7, 11) is 0. The van der Waals surface area contributed by atoms with Crippen molar-refractivity contribution in [3.8, 4) is 6.07 Å². The van der Waals surface area contributed by atoms with E-state index in [9.17, 15) is 9.59 Å². The second-order valence-electron chi connectivity index (χ2n) is 5.63. The monoisotopic (exact) mass is 353 g/mol. The Morgan fingerprint density at radius 2 is 1.41 bits per heavy atom. The average Bonchev–Trinajstić information content (AvgIpc) is 2.73. The van der Waals surface area contributed by atoms with Gasteiger partial charge in [0.2, 0.25) is 5.78 Å². The van der Waals surface area contributed by atoms with E-state index in [4.69, 9.17) is 5.26 Å². The summed E-state index contributed by atoms with van der Waals surface area (Å²) < 4.78 is 0. The van der Waals surface area contributed by atoms with Crippen molar-refractivity contribution in [1.29, 1.82) is 5.26 Å². The predicted molar refractivity (Wildman–Crippen MR) is 104 cm³/mol. The maximum absolute atomic E-state index is 12.9. The minimum atomic E-state index is -0.598. The number of nitrogens with one attached hydrogen (secondary N) is 1. The van der Waals surface area contributed by atoms with Gasteiger partial charge in [0.05, 0.1) is 17.3 Å². The Balaban J connectivity index is 1.97. The van der Waals surface area contributed by atoms with E-state index in [2.05, 4.69) is 10.3 Å². The summed E-state index contributed by atoms with van der Waals surface area (Å²) in [6.45, 7) is 0. The van der Waals surface area contributed by atoms with Crippen LogP contribution in [0.3, 0.4) is 0 Å². The molecule has 0 aliphatic heterocycles. The van der Waals surface area contributed by atoms with Gasteiger partial charge < -0.3 is 5.32 Å². The average molecular weight is 353 g/mol. The fourth-order valence-corrected chi connectivity index (χ4v) is 2.38. The number of carbonyl (C=O) groups is 2. The van der Waals surface area contributed by atoms with E-state index < -0.39 is 11.7 Å². The van der Waals surface area contributed by atoms with Gasteiger partial charge in [-0.15, -0.1) is 0 Å². The summed E-state index contributed by atoms with van der Waals surface area (Å²) in [6, 6.07) is 25.7. The lowest BCUT2D eigenvalue weighted by molar-refractivity contribution is -0.110. The number of carbonyl (C=O) groups excluding carboxylic acids is 2. The molecule has 3 rings (SSSR count). The molecule has 0 saturated carbocycles. The SMILES string of the molecule is N#Cc1ccc(N=C(C(=O)Nc2ccccc2)C(=O)c2ccccc2)cc1. The zero-order valence-electron chi connectivity index (χ0n) is 14.3. The van der Waals surface area contributed by atoms with E-state index >= 15 is 0 Å². The van der Waals surface area contributed by atoms with Gasteiger partial charge in [0.25, 0.3) is 5.91 Å². The van der Waals surface area contributed by atoms with Crippen molar-refractivity contribution >= 4 is 28.8 Å². The molecule has 0 aromatic heterocycles. The van der Waals surface area contributed by atoms with Crippen LogP contribution in [0.4, 0.5) is 11.4 Å². The van der Waals surface area contributed by atoms with Crippen molar-refractivity contribution in [2.75, 3.05) is 5.32 Å². The Morgan fingerprint density at radius 1 is 0.815 bits per heavy atom. The zero-order valence-corrected chi connectivity index (χ0v) is 14.3. The molecule has 0 heterocycles. The first-order valence-electron chi connectivity index (χ1n) is 8.22. The fraction of sp³-hybridized carbons (Fsp3) is 0. The normalized spacial score (nSPS) is 10.7. The Hall–Kier alpha value is -4.04. The van der Waals surface area contributed by atoms with Crippen LogP contribution in [0.25, 0.3) is 0 Å². The number of hydrogen-bond donors (Lipinski definition) is 1. The number of Topliss-reactive ketones (excluding diaryl/α,β-unsaturated/α-hetero) is 1. The summed E-state index contributed by atoms with van der Waals surface area (Å²) in [6.07, 6.45) is 0. The number of ketones is 1. The van der Waals surface area contributed by atoms with Gasteiger partial charge >= 0.3 is 0 Å². The fourth-order valence-electron chi connectivity index (χ4n) is 2.38. The van der Waals surface area contributed by atoms with E-state index in [1.165, 1.54) is 0 Å². The molecule has 0 unspecified atom stereocenters. The van der Waals surface area contributed by atoms with Crippen molar-refractivity contribution in [2.45, 2.75) is 0 Å². The summed E-state index contributed by atoms with van der Waals surface area (Å²) in [5.74, 6) is -1.08. The van der Waals surface area contributed by atoms with Crippen LogP contribution >= 0.6 is 0 Å². The van der Waals surface area contributed by atoms with Crippen LogP contribution in [0.1, 0.15) is 15.9 Å². The summed E-state index contributed by atoms with van der Waals surface area (Å²) in [4.78, 5) is 29.9. The molecule has 130 valence electrons. The van der Waals surface area contributed by atoms with Crippen molar-refractivity contribution in [2.24, 2.45) is 4.99 Å². The molecule has 1 N–H and O–H groups in total. The van der Waals surface area contributed by atoms with Crippen LogP contribution < -0.4 is 5.32 Å². The molecule has 0 atom stereocenters. The smallest absolute Gasteiger partial charge is 0.278 e. The molecule has 0 saturated heterocycles. The molecule has 5 nitrogen and oxygen atoms in total. The summed E-state index contributed by atoms with van der Waals surface area (Å²) in [5.41, 5.74) is 1.59. The van der Waals surface area contributed by atoms with E-state index in [-0.39, 0.29) is 5.71 Å². The van der Waals surface area contributed by atoms with Gasteiger partial charge in [0.1, 0.15) is 0 Å². The third kappa shape index (κ3) is 4.53. The number of aliphatic imine (C=N–C) groups is 1. The van der Waals surface area contributed by atoms with Crippen LogP contribution in [-0.2, 0) is 4.79 Å². The minimum absolute atomic E-state index is 0.227. The number of amides is 1. The number of hydrogen-bond acceptors (Lipinski definition) is 4. The molecule has 0 aliphatic carbocycles. The van der Waals surface area contributed by atoms with Crippen LogP contribution in [0, 0.1) is 11.3 Å². The van der Waals surface area contributed by atoms with Gasteiger partial charge in [0, 0.05) is 11.3 Å². The number of rotatable bonds is 5. The maximum atomic E-state index is 12.9. The van der Waals surface area contributed by atoms with Crippen molar-refractivity contribution in [3.05, 3.63) is 96.1 Å². The van der Waals surface area contributed by atoms with Gasteiger partial charge in [-0.1, -0.05) is 48.5 Å². The molecule has 5 heteroatoms. The molecule has 1 amide bonds. The lowest BCUT2D eigenvalue weighted by atomic mass is 10.1. The van der Waals surface area contributed by atoms with E-state index in [0.717, 1.165) is 0 Å². The maximum Gasteiger partial charge on any atom is 0.278 e. The molecule has 3 aromatic rings. The third-order valence-electron chi connectivity index (χ3n) is 3.74. The number of para-hydroxylation sites is 1. The second kappa shape index (κ2) is 8.37. The van der Waals surface area contributed by atoms with E-state index in [1.807, 2.05) is 12.1 Å². The topological polar surface area (TPSA) is 82.3 Å². The Morgan fingerprint density at radius 3 is 2.00 bits per heavy atom. The highest BCUT2D eigenvalue weighted by molar-refractivity contribution is 6.70. The molecule has 0 fully saturated rings.